The molecule has 0 N–H and O–H groups in total. The molecule has 0 spiro atoms. The van der Waals surface area contributed by atoms with Gasteiger partial charge in [0.25, 0.3) is 5.56 Å². The zero-order valence-electron chi connectivity index (χ0n) is 15.7. The third-order valence-electron chi connectivity index (χ3n) is 5.10. The third-order valence-corrected chi connectivity index (χ3v) is 6.06. The van der Waals surface area contributed by atoms with Gasteiger partial charge in [-0.3, -0.25) is 4.79 Å². The van der Waals surface area contributed by atoms with Gasteiger partial charge >= 0.3 is 0 Å². The van der Waals surface area contributed by atoms with E-state index in [1.54, 1.807) is 0 Å². The van der Waals surface area contributed by atoms with Crippen LogP contribution in [0.2, 0.25) is 0 Å². The predicted octanol–water partition coefficient (Wildman–Crippen LogP) is 3.36. The highest BCUT2D eigenvalue weighted by molar-refractivity contribution is 7.15. The number of thiazole rings is 1. The van der Waals surface area contributed by atoms with Crippen molar-refractivity contribution in [2.45, 2.75) is 6.10 Å². The van der Waals surface area contributed by atoms with Crippen molar-refractivity contribution in [3.05, 3.63) is 93.0 Å². The van der Waals surface area contributed by atoms with Crippen molar-refractivity contribution in [1.82, 2.24) is 14.6 Å². The maximum atomic E-state index is 12.9. The summed E-state index contributed by atoms with van der Waals surface area (Å²) in [5.41, 5.74) is 0.814. The molecule has 6 rings (SSSR count). The first kappa shape index (κ1) is 17.2. The second-order valence-electron chi connectivity index (χ2n) is 7.01. The Hall–Kier alpha value is -3.71. The molecule has 0 bridgehead atoms. The molecule has 30 heavy (non-hydrogen) atoms. The van der Waals surface area contributed by atoms with Gasteiger partial charge in [-0.25, -0.2) is 0 Å². The molecule has 1 aliphatic heterocycles. The molecule has 0 saturated carbocycles. The van der Waals surface area contributed by atoms with E-state index >= 15 is 0 Å². The second kappa shape index (κ2) is 6.67. The van der Waals surface area contributed by atoms with Gasteiger partial charge < -0.3 is 9.47 Å². The van der Waals surface area contributed by atoms with Crippen LogP contribution in [0.25, 0.3) is 21.8 Å². The van der Waals surface area contributed by atoms with Crippen LogP contribution < -0.4 is 19.6 Å². The summed E-state index contributed by atoms with van der Waals surface area (Å²) in [4.78, 5) is 18.0. The Kier molecular flexibility index (Phi) is 3.82. The molecule has 0 aliphatic carbocycles. The van der Waals surface area contributed by atoms with E-state index in [0.717, 1.165) is 16.3 Å². The van der Waals surface area contributed by atoms with Crippen LogP contribution in [-0.4, -0.2) is 21.2 Å². The summed E-state index contributed by atoms with van der Waals surface area (Å²) in [6.45, 7) is 0.304. The lowest BCUT2D eigenvalue weighted by Crippen LogP contribution is -2.26. The highest BCUT2D eigenvalue weighted by Gasteiger charge is 2.27. The van der Waals surface area contributed by atoms with Gasteiger partial charge in [-0.2, -0.15) is 9.50 Å². The lowest BCUT2D eigenvalue weighted by atomic mass is 10.0. The Bertz CT molecular complexity index is 1520. The minimum Gasteiger partial charge on any atom is -0.485 e. The fraction of sp³-hybridized carbons (Fsp3) is 0.0870. The van der Waals surface area contributed by atoms with E-state index in [1.807, 2.05) is 54.6 Å². The summed E-state index contributed by atoms with van der Waals surface area (Å²) in [5, 5.41) is 6.65. The van der Waals surface area contributed by atoms with E-state index in [-0.39, 0.29) is 5.56 Å². The number of fused-ring (bicyclic) bond motifs is 3. The molecule has 0 radical (unpaired) electrons. The Labute approximate surface area is 174 Å². The Morgan fingerprint density at radius 2 is 1.80 bits per heavy atom. The molecule has 6 nitrogen and oxygen atoms in total. The van der Waals surface area contributed by atoms with E-state index in [0.29, 0.717) is 33.4 Å². The van der Waals surface area contributed by atoms with Gasteiger partial charge in [0, 0.05) is 0 Å². The number of hydrogen-bond acceptors (Lipinski definition) is 6. The minimum absolute atomic E-state index is 0.182. The molecule has 2 aromatic heterocycles. The van der Waals surface area contributed by atoms with Gasteiger partial charge in [-0.1, -0.05) is 65.9 Å². The Morgan fingerprint density at radius 3 is 2.70 bits per heavy atom. The predicted molar refractivity (Wildman–Crippen MR) is 115 cm³/mol. The van der Waals surface area contributed by atoms with Gasteiger partial charge in [-0.15, -0.1) is 5.10 Å². The number of rotatable bonds is 2. The van der Waals surface area contributed by atoms with E-state index in [4.69, 9.17) is 9.47 Å². The number of aromatic nitrogens is 3. The van der Waals surface area contributed by atoms with Gasteiger partial charge in [-0.05, 0) is 34.5 Å². The summed E-state index contributed by atoms with van der Waals surface area (Å²) >= 11 is 1.32. The normalized spacial score (nSPS) is 16.4. The van der Waals surface area contributed by atoms with Crippen molar-refractivity contribution in [1.29, 1.82) is 0 Å². The molecule has 1 aliphatic rings. The zero-order chi connectivity index (χ0) is 20.1. The molecule has 0 fully saturated rings. The first-order chi connectivity index (χ1) is 14.8. The van der Waals surface area contributed by atoms with Crippen molar-refractivity contribution in [3.8, 4) is 11.5 Å². The summed E-state index contributed by atoms with van der Waals surface area (Å²) in [6.07, 6.45) is 1.46. The standard InChI is InChI=1S/C23H15N3O3S/c27-22-20(12-15-8-5-7-14-6-1-2-9-16(14)15)30-23-24-21(25-26(22)23)19-13-28-17-10-3-4-11-18(17)29-19/h1-12,19H,13H2/b20-12+/t19-/m1/s1. The van der Waals surface area contributed by atoms with Gasteiger partial charge in [0.05, 0.1) is 4.53 Å². The monoisotopic (exact) mass is 413 g/mol. The fourth-order valence-corrected chi connectivity index (χ4v) is 4.56. The van der Waals surface area contributed by atoms with Crippen LogP contribution in [0, 0.1) is 0 Å². The smallest absolute Gasteiger partial charge is 0.291 e. The van der Waals surface area contributed by atoms with Crippen LogP contribution in [0.3, 0.4) is 0 Å². The lowest BCUT2D eigenvalue weighted by Gasteiger charge is -2.24. The highest BCUT2D eigenvalue weighted by Crippen LogP contribution is 2.35. The molecule has 0 unspecified atom stereocenters. The van der Waals surface area contributed by atoms with E-state index in [9.17, 15) is 4.79 Å². The summed E-state index contributed by atoms with van der Waals surface area (Å²) in [7, 11) is 0. The van der Waals surface area contributed by atoms with Crippen molar-refractivity contribution in [2.75, 3.05) is 6.61 Å². The van der Waals surface area contributed by atoms with E-state index in [2.05, 4.69) is 28.3 Å². The van der Waals surface area contributed by atoms with Gasteiger partial charge in [0.1, 0.15) is 6.61 Å². The quantitative estimate of drug-likeness (QED) is 0.444. The number of para-hydroxylation sites is 2. The van der Waals surface area contributed by atoms with E-state index in [1.165, 1.54) is 15.9 Å². The Balaban J connectivity index is 1.40. The topological polar surface area (TPSA) is 65.7 Å². The molecule has 1 atom stereocenters. The number of benzene rings is 3. The average Bonchev–Trinajstić information content (AvgIpc) is 3.33. The van der Waals surface area contributed by atoms with Crippen LogP contribution >= 0.6 is 11.3 Å². The van der Waals surface area contributed by atoms with Crippen molar-refractivity contribution in [2.24, 2.45) is 0 Å². The van der Waals surface area contributed by atoms with Crippen LogP contribution in [0.1, 0.15) is 17.5 Å². The summed E-state index contributed by atoms with van der Waals surface area (Å²) in [5.74, 6) is 1.80. The summed E-state index contributed by atoms with van der Waals surface area (Å²) < 4.78 is 13.6. The maximum Gasteiger partial charge on any atom is 0.291 e. The van der Waals surface area contributed by atoms with Crippen molar-refractivity contribution < 1.29 is 9.47 Å². The lowest BCUT2D eigenvalue weighted by molar-refractivity contribution is 0.0852. The molecule has 0 amide bonds. The highest BCUT2D eigenvalue weighted by atomic mass is 32.1. The van der Waals surface area contributed by atoms with Crippen LogP contribution in [0.4, 0.5) is 0 Å². The minimum atomic E-state index is -0.447. The molecular formula is C23H15N3O3S. The van der Waals surface area contributed by atoms with Gasteiger partial charge in [0.15, 0.2) is 23.4 Å². The first-order valence-electron chi connectivity index (χ1n) is 9.54. The molecule has 0 saturated heterocycles. The van der Waals surface area contributed by atoms with Crippen molar-refractivity contribution >= 4 is 33.1 Å². The summed E-state index contributed by atoms with van der Waals surface area (Å²) in [6, 6.07) is 21.7. The first-order valence-corrected chi connectivity index (χ1v) is 10.4. The molecule has 3 heterocycles. The number of ether oxygens (including phenoxy) is 2. The second-order valence-corrected chi connectivity index (χ2v) is 8.02. The van der Waals surface area contributed by atoms with Crippen LogP contribution in [0.5, 0.6) is 11.5 Å². The Morgan fingerprint density at radius 1 is 1.00 bits per heavy atom. The molecular weight excluding hydrogens is 398 g/mol. The number of nitrogens with zero attached hydrogens (tertiary/aromatic N) is 3. The fourth-order valence-electron chi connectivity index (χ4n) is 3.65. The SMILES string of the molecule is O=c1/c(=C\c2cccc3ccccc23)sc2nc([C@H]3COc4ccccc4O3)nn12. The molecule has 5 aromatic rings. The maximum absolute atomic E-state index is 12.9. The van der Waals surface area contributed by atoms with E-state index < -0.39 is 6.10 Å². The van der Waals surface area contributed by atoms with Crippen LogP contribution in [0.15, 0.2) is 71.5 Å². The zero-order valence-corrected chi connectivity index (χ0v) is 16.5. The van der Waals surface area contributed by atoms with Gasteiger partial charge in [0.2, 0.25) is 4.96 Å². The van der Waals surface area contributed by atoms with Crippen molar-refractivity contribution in [3.63, 3.8) is 0 Å². The third kappa shape index (κ3) is 2.74. The molecule has 7 heteroatoms. The molecule has 146 valence electrons. The number of hydrogen-bond donors (Lipinski definition) is 0. The van der Waals surface area contributed by atoms with Crippen LogP contribution in [-0.2, 0) is 0 Å². The largest absolute Gasteiger partial charge is 0.485 e. The molecule has 3 aromatic carbocycles. The average molecular weight is 413 g/mol.